The number of halogens is 1. The predicted octanol–water partition coefficient (Wildman–Crippen LogP) is 6.58. The van der Waals surface area contributed by atoms with Gasteiger partial charge in [0.15, 0.2) is 5.11 Å². The van der Waals surface area contributed by atoms with Gasteiger partial charge in [0.1, 0.15) is 6.04 Å². The Kier molecular flexibility index (Phi) is 6.80. The van der Waals surface area contributed by atoms with Gasteiger partial charge in [-0.15, -0.1) is 0 Å². The first-order valence-electron chi connectivity index (χ1n) is 13.1. The molecule has 0 amide bonds. The van der Waals surface area contributed by atoms with Gasteiger partial charge < -0.3 is 19.7 Å². The number of thiocarbonyl (C=S) groups is 1. The zero-order chi connectivity index (χ0) is 26.2. The van der Waals surface area contributed by atoms with Crippen molar-refractivity contribution >= 4 is 40.3 Å². The number of nitrogens with zero attached hydrogens (tertiary/aromatic N) is 5. The molecule has 38 heavy (non-hydrogen) atoms. The standard InChI is InChI=1S/C30H31ClN6S/c1-20-16-21(2)19-35(18-20)26-9-8-23(17-24(26)31)37-29(28(34-30(37)38)25-6-3-4-12-33-25)27-7-5-15-36(27)22-10-13-32-14-11-22/h3-15,17,20-21,28-29H,16,18-19H2,1-2H3,(H,34,38). The highest BCUT2D eigenvalue weighted by atomic mass is 35.5. The van der Waals surface area contributed by atoms with Crippen molar-refractivity contribution in [1.82, 2.24) is 19.9 Å². The first-order valence-corrected chi connectivity index (χ1v) is 13.9. The van der Waals surface area contributed by atoms with Gasteiger partial charge in [-0.1, -0.05) is 31.5 Å². The summed E-state index contributed by atoms with van der Waals surface area (Å²) < 4.78 is 2.19. The summed E-state index contributed by atoms with van der Waals surface area (Å²) in [6.07, 6.45) is 8.78. The van der Waals surface area contributed by atoms with Crippen LogP contribution in [-0.4, -0.2) is 32.7 Å². The molecule has 1 aromatic carbocycles. The fraction of sp³-hybridized carbons (Fsp3) is 0.300. The van der Waals surface area contributed by atoms with Crippen molar-refractivity contribution in [1.29, 1.82) is 0 Å². The zero-order valence-electron chi connectivity index (χ0n) is 21.5. The van der Waals surface area contributed by atoms with Crippen LogP contribution in [0.5, 0.6) is 0 Å². The summed E-state index contributed by atoms with van der Waals surface area (Å²) in [5.74, 6) is 1.30. The molecule has 0 aliphatic carbocycles. The quantitative estimate of drug-likeness (QED) is 0.287. The molecule has 2 aliphatic rings. The number of rotatable bonds is 5. The highest BCUT2D eigenvalue weighted by Crippen LogP contribution is 2.44. The van der Waals surface area contributed by atoms with Gasteiger partial charge in [0.2, 0.25) is 0 Å². The summed E-state index contributed by atoms with van der Waals surface area (Å²) in [5, 5.41) is 4.96. The molecule has 6 nitrogen and oxygen atoms in total. The predicted molar refractivity (Wildman–Crippen MR) is 158 cm³/mol. The van der Waals surface area contributed by atoms with Crippen LogP contribution in [0.3, 0.4) is 0 Å². The average molecular weight is 543 g/mol. The van der Waals surface area contributed by atoms with E-state index in [1.54, 1.807) is 0 Å². The minimum atomic E-state index is -0.141. The van der Waals surface area contributed by atoms with Crippen LogP contribution >= 0.6 is 23.8 Å². The first kappa shape index (κ1) is 24.9. The lowest BCUT2D eigenvalue weighted by Gasteiger charge is -2.37. The molecule has 2 aliphatic heterocycles. The molecule has 8 heteroatoms. The molecule has 0 bridgehead atoms. The molecule has 4 atom stereocenters. The average Bonchev–Trinajstić information content (AvgIpc) is 3.53. The molecule has 4 aromatic rings. The van der Waals surface area contributed by atoms with Crippen LogP contribution in [0, 0.1) is 11.8 Å². The molecule has 3 aromatic heterocycles. The second-order valence-electron chi connectivity index (χ2n) is 10.5. The van der Waals surface area contributed by atoms with Crippen LogP contribution in [-0.2, 0) is 0 Å². The SMILES string of the molecule is CC1CC(C)CN(c2ccc(N3C(=S)NC(c4ccccn4)C3c3cccn3-c3ccncc3)cc2Cl)C1. The van der Waals surface area contributed by atoms with E-state index in [0.29, 0.717) is 16.9 Å². The van der Waals surface area contributed by atoms with Gasteiger partial charge >= 0.3 is 0 Å². The maximum absolute atomic E-state index is 6.98. The maximum Gasteiger partial charge on any atom is 0.174 e. The van der Waals surface area contributed by atoms with Gasteiger partial charge in [-0.3, -0.25) is 9.97 Å². The molecular formula is C30H31ClN6S. The highest BCUT2D eigenvalue weighted by Gasteiger charge is 2.42. The first-order chi connectivity index (χ1) is 18.5. The molecule has 0 saturated carbocycles. The molecule has 5 heterocycles. The van der Waals surface area contributed by atoms with E-state index in [1.807, 2.05) is 48.9 Å². The lowest BCUT2D eigenvalue weighted by atomic mass is 9.91. The summed E-state index contributed by atoms with van der Waals surface area (Å²) in [7, 11) is 0. The van der Waals surface area contributed by atoms with E-state index in [4.69, 9.17) is 28.8 Å². The van der Waals surface area contributed by atoms with E-state index in [9.17, 15) is 0 Å². The minimum absolute atomic E-state index is 0.138. The monoisotopic (exact) mass is 542 g/mol. The molecule has 1 N–H and O–H groups in total. The van der Waals surface area contributed by atoms with E-state index in [1.165, 1.54) is 6.42 Å². The molecule has 6 rings (SSSR count). The normalized spacial score (nSPS) is 23.5. The third kappa shape index (κ3) is 4.65. The molecular weight excluding hydrogens is 512 g/mol. The number of pyridine rings is 2. The number of benzene rings is 1. The molecule has 4 unspecified atom stereocenters. The Morgan fingerprint density at radius 1 is 0.921 bits per heavy atom. The zero-order valence-corrected chi connectivity index (χ0v) is 23.1. The molecule has 2 saturated heterocycles. The van der Waals surface area contributed by atoms with Crippen LogP contribution in [0.1, 0.15) is 43.7 Å². The fourth-order valence-corrected chi connectivity index (χ4v) is 6.71. The summed E-state index contributed by atoms with van der Waals surface area (Å²) in [6.45, 7) is 6.69. The lowest BCUT2D eigenvalue weighted by Crippen LogP contribution is -2.38. The Balaban J connectivity index is 1.42. The van der Waals surface area contributed by atoms with Crippen LogP contribution in [0.4, 0.5) is 11.4 Å². The van der Waals surface area contributed by atoms with Gasteiger partial charge in [0.25, 0.3) is 0 Å². The van der Waals surface area contributed by atoms with Crippen LogP contribution in [0.25, 0.3) is 5.69 Å². The van der Waals surface area contributed by atoms with E-state index >= 15 is 0 Å². The van der Waals surface area contributed by atoms with Gasteiger partial charge in [0.05, 0.1) is 22.4 Å². The third-order valence-electron chi connectivity index (χ3n) is 7.54. The summed E-state index contributed by atoms with van der Waals surface area (Å²) >= 11 is 12.9. The van der Waals surface area contributed by atoms with E-state index in [2.05, 4.69) is 75.0 Å². The van der Waals surface area contributed by atoms with Gasteiger partial charge in [-0.05, 0) is 85.1 Å². The fourth-order valence-electron chi connectivity index (χ4n) is 6.07. The van der Waals surface area contributed by atoms with Crippen molar-refractivity contribution in [3.63, 3.8) is 0 Å². The number of hydrogen-bond acceptors (Lipinski definition) is 4. The van der Waals surface area contributed by atoms with Crippen molar-refractivity contribution in [2.24, 2.45) is 11.8 Å². The Hall–Kier alpha value is -3.42. The maximum atomic E-state index is 6.98. The number of piperidine rings is 1. The van der Waals surface area contributed by atoms with Crippen LogP contribution < -0.4 is 15.1 Å². The number of anilines is 2. The third-order valence-corrected chi connectivity index (χ3v) is 8.16. The van der Waals surface area contributed by atoms with E-state index in [-0.39, 0.29) is 12.1 Å². The van der Waals surface area contributed by atoms with Crippen molar-refractivity contribution < 1.29 is 0 Å². The van der Waals surface area contributed by atoms with Crippen LogP contribution in [0.15, 0.2) is 85.5 Å². The highest BCUT2D eigenvalue weighted by molar-refractivity contribution is 7.80. The number of hydrogen-bond donors (Lipinski definition) is 1. The molecule has 194 valence electrons. The molecule has 0 spiro atoms. The lowest BCUT2D eigenvalue weighted by molar-refractivity contribution is 0.357. The largest absolute Gasteiger partial charge is 0.370 e. The van der Waals surface area contributed by atoms with Crippen molar-refractivity contribution in [3.05, 3.63) is 102 Å². The Bertz CT molecular complexity index is 1420. The van der Waals surface area contributed by atoms with Crippen molar-refractivity contribution in [2.75, 3.05) is 22.9 Å². The Morgan fingerprint density at radius 3 is 2.42 bits per heavy atom. The molecule has 2 fully saturated rings. The molecule has 0 radical (unpaired) electrons. The van der Waals surface area contributed by atoms with Gasteiger partial charge in [-0.2, -0.15) is 0 Å². The number of nitrogens with one attached hydrogen (secondary N) is 1. The Labute approximate surface area is 234 Å². The van der Waals surface area contributed by atoms with Gasteiger partial charge in [-0.25, -0.2) is 0 Å². The number of aromatic nitrogens is 3. The summed E-state index contributed by atoms with van der Waals surface area (Å²) in [5.41, 5.74) is 5.12. The summed E-state index contributed by atoms with van der Waals surface area (Å²) in [4.78, 5) is 13.5. The van der Waals surface area contributed by atoms with E-state index < -0.39 is 0 Å². The second-order valence-corrected chi connectivity index (χ2v) is 11.3. The van der Waals surface area contributed by atoms with Gasteiger partial charge in [0, 0.05) is 54.9 Å². The minimum Gasteiger partial charge on any atom is -0.370 e. The smallest absolute Gasteiger partial charge is 0.174 e. The van der Waals surface area contributed by atoms with Crippen LogP contribution in [0.2, 0.25) is 5.02 Å². The van der Waals surface area contributed by atoms with E-state index in [0.717, 1.165) is 46.6 Å². The topological polar surface area (TPSA) is 49.2 Å². The summed E-state index contributed by atoms with van der Waals surface area (Å²) in [6, 6.07) is 20.3. The second kappa shape index (κ2) is 10.4. The Morgan fingerprint density at radius 2 is 1.71 bits per heavy atom. The van der Waals surface area contributed by atoms with Crippen molar-refractivity contribution in [2.45, 2.75) is 32.4 Å². The van der Waals surface area contributed by atoms with Crippen molar-refractivity contribution in [3.8, 4) is 5.69 Å².